The van der Waals surface area contributed by atoms with Gasteiger partial charge in [-0.3, -0.25) is 0 Å². The molecule has 2 aromatic heterocycles. The smallest absolute Gasteiger partial charge is 0.161 e. The van der Waals surface area contributed by atoms with Crippen molar-refractivity contribution in [2.24, 2.45) is 0 Å². The molecule has 0 fully saturated rings. The zero-order chi connectivity index (χ0) is 29.7. The Morgan fingerprint density at radius 3 is 1.96 bits per heavy atom. The Hall–Kier alpha value is -6.06. The third-order valence-corrected chi connectivity index (χ3v) is 8.68. The number of rotatable bonds is 4. The van der Waals surface area contributed by atoms with Crippen molar-refractivity contribution in [3.8, 4) is 45.0 Å². The highest BCUT2D eigenvalue weighted by Gasteiger charge is 2.18. The van der Waals surface area contributed by atoms with Crippen molar-refractivity contribution in [1.82, 2.24) is 9.97 Å². The lowest BCUT2D eigenvalue weighted by Crippen LogP contribution is -1.96. The molecule has 0 saturated carbocycles. The van der Waals surface area contributed by atoms with Gasteiger partial charge in [-0.2, -0.15) is 0 Å². The van der Waals surface area contributed by atoms with Crippen LogP contribution in [0.2, 0.25) is 0 Å². The fourth-order valence-corrected chi connectivity index (χ4v) is 6.48. The number of benzene rings is 7. The van der Waals surface area contributed by atoms with Crippen molar-refractivity contribution < 1.29 is 4.42 Å². The molecule has 0 N–H and O–H groups in total. The van der Waals surface area contributed by atoms with E-state index in [2.05, 4.69) is 127 Å². The molecule has 0 spiro atoms. The highest BCUT2D eigenvalue weighted by molar-refractivity contribution is 6.13. The SMILES string of the molecule is c1ccc(-c2cc(-c3ccc4ccccc4c3)nc(-c3cccc4oc5ccc(-c6cccc7ccccc67)cc5c34)n2)cc1. The number of furan rings is 1. The van der Waals surface area contributed by atoms with Gasteiger partial charge in [-0.25, -0.2) is 9.97 Å². The number of aromatic nitrogens is 2. The molecule has 0 atom stereocenters. The molecule has 9 rings (SSSR count). The van der Waals surface area contributed by atoms with Crippen LogP contribution in [0.5, 0.6) is 0 Å². The number of fused-ring (bicyclic) bond motifs is 5. The normalized spacial score (nSPS) is 11.6. The molecule has 0 radical (unpaired) electrons. The zero-order valence-electron chi connectivity index (χ0n) is 24.3. The van der Waals surface area contributed by atoms with E-state index in [-0.39, 0.29) is 0 Å². The van der Waals surface area contributed by atoms with Crippen LogP contribution < -0.4 is 0 Å². The van der Waals surface area contributed by atoms with E-state index in [1.807, 2.05) is 30.3 Å². The van der Waals surface area contributed by atoms with Crippen LogP contribution in [0.3, 0.4) is 0 Å². The summed E-state index contributed by atoms with van der Waals surface area (Å²) in [6.07, 6.45) is 0. The van der Waals surface area contributed by atoms with Crippen molar-refractivity contribution in [3.05, 3.63) is 158 Å². The molecule has 0 aliphatic rings. The first-order valence-electron chi connectivity index (χ1n) is 15.2. The average molecular weight is 575 g/mol. The maximum atomic E-state index is 6.42. The Kier molecular flexibility index (Phi) is 5.82. The molecule has 0 aliphatic carbocycles. The topological polar surface area (TPSA) is 38.9 Å². The molecule has 0 bridgehead atoms. The van der Waals surface area contributed by atoms with Gasteiger partial charge in [0, 0.05) is 27.5 Å². The molecule has 0 unspecified atom stereocenters. The lowest BCUT2D eigenvalue weighted by Gasteiger charge is -2.11. The third-order valence-electron chi connectivity index (χ3n) is 8.68. The van der Waals surface area contributed by atoms with Crippen LogP contribution in [0.1, 0.15) is 0 Å². The van der Waals surface area contributed by atoms with Crippen LogP contribution in [-0.2, 0) is 0 Å². The van der Waals surface area contributed by atoms with E-state index in [1.54, 1.807) is 0 Å². The molecule has 3 heteroatoms. The summed E-state index contributed by atoms with van der Waals surface area (Å²) >= 11 is 0. The molecule has 3 nitrogen and oxygen atoms in total. The molecule has 45 heavy (non-hydrogen) atoms. The van der Waals surface area contributed by atoms with Crippen LogP contribution in [0, 0.1) is 0 Å². The fourth-order valence-electron chi connectivity index (χ4n) is 6.48. The summed E-state index contributed by atoms with van der Waals surface area (Å²) in [5.74, 6) is 0.670. The van der Waals surface area contributed by atoms with Crippen LogP contribution >= 0.6 is 0 Å². The molecule has 0 saturated heterocycles. The van der Waals surface area contributed by atoms with E-state index in [4.69, 9.17) is 14.4 Å². The molecular weight excluding hydrogens is 548 g/mol. The van der Waals surface area contributed by atoms with Gasteiger partial charge in [-0.05, 0) is 63.0 Å². The number of nitrogens with zero attached hydrogens (tertiary/aromatic N) is 2. The van der Waals surface area contributed by atoms with Gasteiger partial charge < -0.3 is 4.42 Å². The van der Waals surface area contributed by atoms with Gasteiger partial charge in [0.2, 0.25) is 0 Å². The van der Waals surface area contributed by atoms with Gasteiger partial charge in [0.05, 0.1) is 11.4 Å². The van der Waals surface area contributed by atoms with Crippen molar-refractivity contribution in [2.45, 2.75) is 0 Å². The predicted octanol–water partition coefficient (Wildman–Crippen LogP) is 11.4. The fraction of sp³-hybridized carbons (Fsp3) is 0. The Morgan fingerprint density at radius 2 is 1.07 bits per heavy atom. The Labute approximate surface area is 260 Å². The van der Waals surface area contributed by atoms with Gasteiger partial charge >= 0.3 is 0 Å². The molecule has 2 heterocycles. The summed E-state index contributed by atoms with van der Waals surface area (Å²) in [4.78, 5) is 10.4. The van der Waals surface area contributed by atoms with E-state index in [9.17, 15) is 0 Å². The maximum Gasteiger partial charge on any atom is 0.161 e. The minimum absolute atomic E-state index is 0.670. The van der Waals surface area contributed by atoms with E-state index < -0.39 is 0 Å². The van der Waals surface area contributed by atoms with Gasteiger partial charge in [-0.1, -0.05) is 127 Å². The largest absolute Gasteiger partial charge is 0.456 e. The third kappa shape index (κ3) is 4.37. The molecular formula is C42H26N2O. The summed E-state index contributed by atoms with van der Waals surface area (Å²) in [5, 5.41) is 6.90. The lowest BCUT2D eigenvalue weighted by atomic mass is 9.96. The van der Waals surface area contributed by atoms with Gasteiger partial charge in [0.15, 0.2) is 5.82 Å². The van der Waals surface area contributed by atoms with Crippen LogP contribution in [0.25, 0.3) is 88.5 Å². The van der Waals surface area contributed by atoms with E-state index in [0.717, 1.165) is 55.6 Å². The molecule has 7 aromatic carbocycles. The summed E-state index contributed by atoms with van der Waals surface area (Å²) < 4.78 is 6.42. The second kappa shape index (κ2) is 10.3. The van der Waals surface area contributed by atoms with Crippen LogP contribution in [0.4, 0.5) is 0 Å². The standard InChI is InChI=1S/C42H26N2O/c1-2-12-29(13-3-1)37-26-38(32-21-20-27-10-4-5-14-30(27)24-32)44-42(43-37)35-18-9-19-40-41(35)36-25-31(22-23-39(36)45-40)34-17-8-15-28-11-6-7-16-33(28)34/h1-26H. The van der Waals surface area contributed by atoms with Crippen molar-refractivity contribution in [2.75, 3.05) is 0 Å². The average Bonchev–Trinajstić information content (AvgIpc) is 3.49. The minimum atomic E-state index is 0.670. The van der Waals surface area contributed by atoms with E-state index >= 15 is 0 Å². The highest BCUT2D eigenvalue weighted by Crippen LogP contribution is 2.40. The number of hydrogen-bond acceptors (Lipinski definition) is 3. The maximum absolute atomic E-state index is 6.42. The summed E-state index contributed by atoms with van der Waals surface area (Å²) in [6, 6.07) is 55.0. The Morgan fingerprint density at radius 1 is 0.378 bits per heavy atom. The first-order chi connectivity index (χ1) is 22.3. The van der Waals surface area contributed by atoms with Crippen molar-refractivity contribution in [3.63, 3.8) is 0 Å². The second-order valence-electron chi connectivity index (χ2n) is 11.4. The first-order valence-corrected chi connectivity index (χ1v) is 15.2. The minimum Gasteiger partial charge on any atom is -0.456 e. The molecule has 0 aliphatic heterocycles. The number of hydrogen-bond donors (Lipinski definition) is 0. The molecule has 0 amide bonds. The van der Waals surface area contributed by atoms with E-state index in [1.165, 1.54) is 27.1 Å². The van der Waals surface area contributed by atoms with Crippen molar-refractivity contribution >= 4 is 43.5 Å². The quantitative estimate of drug-likeness (QED) is 0.210. The Bertz CT molecular complexity index is 2540. The second-order valence-corrected chi connectivity index (χ2v) is 11.4. The van der Waals surface area contributed by atoms with Crippen molar-refractivity contribution in [1.29, 1.82) is 0 Å². The van der Waals surface area contributed by atoms with Gasteiger partial charge in [0.25, 0.3) is 0 Å². The van der Waals surface area contributed by atoms with Gasteiger partial charge in [0.1, 0.15) is 11.2 Å². The van der Waals surface area contributed by atoms with Crippen LogP contribution in [-0.4, -0.2) is 9.97 Å². The molecule has 9 aromatic rings. The van der Waals surface area contributed by atoms with Gasteiger partial charge in [-0.15, -0.1) is 0 Å². The monoisotopic (exact) mass is 574 g/mol. The summed E-state index contributed by atoms with van der Waals surface area (Å²) in [6.45, 7) is 0. The Balaban J connectivity index is 1.28. The highest BCUT2D eigenvalue weighted by atomic mass is 16.3. The van der Waals surface area contributed by atoms with E-state index in [0.29, 0.717) is 5.82 Å². The first kappa shape index (κ1) is 25.4. The summed E-state index contributed by atoms with van der Waals surface area (Å²) in [7, 11) is 0. The zero-order valence-corrected chi connectivity index (χ0v) is 24.3. The summed E-state index contributed by atoms with van der Waals surface area (Å²) in [5.41, 5.74) is 8.81. The van der Waals surface area contributed by atoms with Crippen LogP contribution in [0.15, 0.2) is 162 Å². The molecule has 210 valence electrons. The predicted molar refractivity (Wildman–Crippen MR) is 186 cm³/mol. The lowest BCUT2D eigenvalue weighted by molar-refractivity contribution is 0.669.